The van der Waals surface area contributed by atoms with Crippen LogP contribution < -0.4 is 5.73 Å². The highest BCUT2D eigenvalue weighted by Crippen LogP contribution is 2.70. The van der Waals surface area contributed by atoms with E-state index in [1.54, 1.807) is 0 Å². The minimum atomic E-state index is -5.25. The molecular formula is C13H20N5O11P3. The van der Waals surface area contributed by atoms with Crippen LogP contribution in [0.4, 0.5) is 5.82 Å². The van der Waals surface area contributed by atoms with Gasteiger partial charge in [-0.3, -0.25) is 13.7 Å². The Balaban J connectivity index is 1.50. The van der Waals surface area contributed by atoms with Crippen molar-refractivity contribution in [3.05, 3.63) is 12.7 Å². The number of fused-ring (bicyclic) bond motifs is 2. The Bertz CT molecular complexity index is 1200. The fraction of sp³-hybridized carbons (Fsp3) is 0.615. The van der Waals surface area contributed by atoms with E-state index >= 15 is 0 Å². The summed E-state index contributed by atoms with van der Waals surface area (Å²) >= 11 is 0. The van der Waals surface area contributed by atoms with Crippen LogP contribution in [0.1, 0.15) is 12.5 Å². The first-order valence-electron chi connectivity index (χ1n) is 9.00. The van der Waals surface area contributed by atoms with Gasteiger partial charge in [0, 0.05) is 5.41 Å². The Kier molecular flexibility index (Phi) is 5.68. The maximum Gasteiger partial charge on any atom is 0.479 e. The topological polar surface area (TPSA) is 261 Å². The summed E-state index contributed by atoms with van der Waals surface area (Å²) in [6.07, 6.45) is 0.111. The van der Waals surface area contributed by atoms with E-state index in [9.17, 15) is 33.7 Å². The summed E-state index contributed by atoms with van der Waals surface area (Å²) < 4.78 is 45.0. The number of hydrogen-bond acceptors (Lipinski definition) is 11. The molecule has 32 heavy (non-hydrogen) atoms. The lowest BCUT2D eigenvalue weighted by Gasteiger charge is -2.24. The Labute approximate surface area is 179 Å². The number of imidazole rings is 1. The lowest BCUT2D eigenvalue weighted by molar-refractivity contribution is -0.0296. The molecule has 8 N–H and O–H groups in total. The molecule has 178 valence electrons. The quantitative estimate of drug-likeness (QED) is 0.211. The van der Waals surface area contributed by atoms with Crippen LogP contribution in [-0.2, 0) is 22.5 Å². The number of nitrogens with two attached hydrogens (primary N) is 1. The molecule has 19 heteroatoms. The second-order valence-electron chi connectivity index (χ2n) is 7.82. The number of phosphoric ester groups is 1. The number of rotatable bonds is 8. The summed E-state index contributed by atoms with van der Waals surface area (Å²) in [4.78, 5) is 48.8. The molecule has 2 aromatic heterocycles. The molecule has 0 bridgehead atoms. The molecule has 0 radical (unpaired) electrons. The van der Waals surface area contributed by atoms with Gasteiger partial charge in [-0.05, 0) is 12.3 Å². The number of nitrogen functional groups attached to an aromatic ring is 1. The second kappa shape index (κ2) is 7.62. The van der Waals surface area contributed by atoms with Crippen molar-refractivity contribution in [3.63, 3.8) is 0 Å². The zero-order valence-corrected chi connectivity index (χ0v) is 18.7. The van der Waals surface area contributed by atoms with Crippen LogP contribution in [0.5, 0.6) is 0 Å². The van der Waals surface area contributed by atoms with E-state index in [2.05, 4.69) is 19.3 Å². The molecule has 0 spiro atoms. The third-order valence-corrected chi connectivity index (χ3v) is 10.9. The lowest BCUT2D eigenvalue weighted by atomic mass is 10.0. The van der Waals surface area contributed by atoms with Gasteiger partial charge in [-0.2, -0.15) is 0 Å². The lowest BCUT2D eigenvalue weighted by Crippen LogP contribution is -2.35. The van der Waals surface area contributed by atoms with Gasteiger partial charge in [0.1, 0.15) is 17.9 Å². The number of hydrogen-bond donors (Lipinski definition) is 7. The monoisotopic (exact) mass is 515 g/mol. The highest BCUT2D eigenvalue weighted by atomic mass is 31.3. The van der Waals surface area contributed by atoms with Crippen molar-refractivity contribution in [1.82, 2.24) is 19.5 Å². The van der Waals surface area contributed by atoms with Gasteiger partial charge in [0.25, 0.3) is 0 Å². The van der Waals surface area contributed by atoms with E-state index in [-0.39, 0.29) is 12.2 Å². The van der Waals surface area contributed by atoms with Crippen LogP contribution in [0, 0.1) is 11.3 Å². The smallest absolute Gasteiger partial charge is 0.390 e. The van der Waals surface area contributed by atoms with Gasteiger partial charge in [-0.25, -0.2) is 23.8 Å². The molecule has 2 aromatic rings. The van der Waals surface area contributed by atoms with Gasteiger partial charge in [-0.1, -0.05) is 0 Å². The Hall–Kier alpha value is -1.28. The molecule has 16 nitrogen and oxygen atoms in total. The van der Waals surface area contributed by atoms with Crippen molar-refractivity contribution in [3.8, 4) is 0 Å². The number of phosphoric acid groups is 1. The third-order valence-electron chi connectivity index (χ3n) is 5.65. The van der Waals surface area contributed by atoms with Gasteiger partial charge in [-0.15, -0.1) is 0 Å². The van der Waals surface area contributed by atoms with E-state index in [4.69, 9.17) is 20.0 Å². The van der Waals surface area contributed by atoms with Gasteiger partial charge >= 0.3 is 23.0 Å². The molecule has 2 aliphatic carbocycles. The first kappa shape index (κ1) is 23.9. The summed E-state index contributed by atoms with van der Waals surface area (Å²) in [5.41, 5.74) is 5.19. The van der Waals surface area contributed by atoms with E-state index in [0.717, 1.165) is 0 Å². The minimum absolute atomic E-state index is 0.120. The Morgan fingerprint density at radius 2 is 1.84 bits per heavy atom. The first-order valence-corrected chi connectivity index (χ1v) is 14.1. The number of aliphatic hydroxyl groups excluding tert-OH is 2. The van der Waals surface area contributed by atoms with Crippen molar-refractivity contribution >= 4 is 40.0 Å². The normalized spacial score (nSPS) is 33.6. The molecule has 0 aromatic carbocycles. The molecule has 2 aliphatic rings. The Morgan fingerprint density at radius 3 is 2.50 bits per heavy atom. The van der Waals surface area contributed by atoms with Crippen molar-refractivity contribution in [2.45, 2.75) is 24.7 Å². The zero-order chi connectivity index (χ0) is 23.7. The maximum atomic E-state index is 12.1. The molecule has 2 fully saturated rings. The molecule has 2 saturated carbocycles. The fourth-order valence-electron chi connectivity index (χ4n) is 4.26. The summed E-state index contributed by atoms with van der Waals surface area (Å²) in [5, 5.41) is 21.2. The van der Waals surface area contributed by atoms with Gasteiger partial charge in [0.05, 0.1) is 25.1 Å². The number of nitrogens with zero attached hydrogens (tertiary/aromatic N) is 4. The fourth-order valence-corrected chi connectivity index (χ4v) is 8.68. The average molecular weight is 515 g/mol. The molecule has 2 heterocycles. The largest absolute Gasteiger partial charge is 0.479 e. The summed E-state index contributed by atoms with van der Waals surface area (Å²) in [6, 6.07) is -0.731. The number of anilines is 1. The summed E-state index contributed by atoms with van der Waals surface area (Å²) in [6.45, 7) is -0.639. The second-order valence-corrected chi connectivity index (χ2v) is 13.4. The van der Waals surface area contributed by atoms with E-state index in [0.29, 0.717) is 11.2 Å². The van der Waals surface area contributed by atoms with Crippen LogP contribution in [0.3, 0.4) is 0 Å². The number of aliphatic hydroxyl groups is 2. The first-order chi connectivity index (χ1) is 14.7. The molecular weight excluding hydrogens is 495 g/mol. The zero-order valence-electron chi connectivity index (χ0n) is 16.0. The van der Waals surface area contributed by atoms with Crippen molar-refractivity contribution in [2.24, 2.45) is 11.3 Å². The Morgan fingerprint density at radius 1 is 1.16 bits per heavy atom. The van der Waals surface area contributed by atoms with Crippen LogP contribution in [0.15, 0.2) is 12.7 Å². The van der Waals surface area contributed by atoms with Gasteiger partial charge in [0.2, 0.25) is 0 Å². The number of aromatic nitrogens is 4. The molecule has 4 rings (SSSR count). The summed E-state index contributed by atoms with van der Waals surface area (Å²) in [7, 11) is -15.4. The van der Waals surface area contributed by atoms with Crippen molar-refractivity contribution in [1.29, 1.82) is 0 Å². The predicted molar refractivity (Wildman–Crippen MR) is 105 cm³/mol. The maximum absolute atomic E-state index is 12.1. The predicted octanol–water partition coefficient (Wildman–Crippen LogP) is -0.855. The van der Waals surface area contributed by atoms with E-state index in [1.165, 1.54) is 17.2 Å². The minimum Gasteiger partial charge on any atom is -0.390 e. The molecule has 0 aliphatic heterocycles. The SMILES string of the molecule is Nc1ncnc2c1ncn2[C@H]1[C@H](O)[C@H](O)[C@@]2(COP(=O)(O)OP(=O)(O)CP(=O)(O)O)C[C@H]12. The average Bonchev–Trinajstić information content (AvgIpc) is 3.12. The van der Waals surface area contributed by atoms with E-state index in [1.807, 2.05) is 0 Å². The molecule has 7 atom stereocenters. The van der Waals surface area contributed by atoms with E-state index < -0.39 is 65.1 Å². The van der Waals surface area contributed by atoms with Crippen molar-refractivity contribution in [2.75, 3.05) is 18.2 Å². The van der Waals surface area contributed by atoms with Crippen molar-refractivity contribution < 1.29 is 52.3 Å². The third kappa shape index (κ3) is 4.29. The van der Waals surface area contributed by atoms with Crippen LogP contribution in [0.2, 0.25) is 0 Å². The highest BCUT2D eigenvalue weighted by Gasteiger charge is 2.72. The van der Waals surface area contributed by atoms with Crippen LogP contribution >= 0.6 is 23.0 Å². The van der Waals surface area contributed by atoms with Gasteiger partial charge in [0.15, 0.2) is 17.4 Å². The standard InChI is InChI=1S/C13H20N5O11P3/c14-11-7-12(16-3-15-11)18(4-17-7)8-6-1-13(6,10(20)9(8)19)2-28-32(26,27)29-31(24,25)5-30(21,22)23/h3-4,6,8-10,19-20H,1-2,5H2,(H,24,25)(H,26,27)(H2,14,15,16)(H2,21,22,23)/t6-,8-,9+,10+,13-/m1/s1. The molecule has 0 saturated heterocycles. The van der Waals surface area contributed by atoms with Gasteiger partial charge < -0.3 is 40.1 Å². The molecule has 2 unspecified atom stereocenters. The summed E-state index contributed by atoms with van der Waals surface area (Å²) in [5.74, 6) is -2.00. The molecule has 0 amide bonds. The van der Waals surface area contributed by atoms with Crippen LogP contribution in [-0.4, -0.2) is 74.0 Å². The van der Waals surface area contributed by atoms with Crippen LogP contribution in [0.25, 0.3) is 11.2 Å². The highest BCUT2D eigenvalue weighted by molar-refractivity contribution is 7.73.